The molecule has 0 spiro atoms. The number of nitrogens with zero attached hydrogens (tertiary/aromatic N) is 3. The Morgan fingerprint density at radius 1 is 1.18 bits per heavy atom. The van der Waals surface area contributed by atoms with Gasteiger partial charge in [0.1, 0.15) is 0 Å². The quantitative estimate of drug-likeness (QED) is 0.284. The second-order valence-electron chi connectivity index (χ2n) is 7.43. The number of amides is 2. The number of halogens is 2. The van der Waals surface area contributed by atoms with Gasteiger partial charge in [0.25, 0.3) is 5.91 Å². The van der Waals surface area contributed by atoms with Crippen LogP contribution >= 0.6 is 35.0 Å². The summed E-state index contributed by atoms with van der Waals surface area (Å²) in [5.74, 6) is 0.305. The van der Waals surface area contributed by atoms with E-state index in [9.17, 15) is 9.59 Å². The summed E-state index contributed by atoms with van der Waals surface area (Å²) in [5.41, 5.74) is 1.48. The zero-order valence-electron chi connectivity index (χ0n) is 18.6. The van der Waals surface area contributed by atoms with Crippen molar-refractivity contribution in [2.75, 3.05) is 12.3 Å². The third-order valence-corrected chi connectivity index (χ3v) is 6.39. The highest BCUT2D eigenvalue weighted by atomic mass is 35.5. The summed E-state index contributed by atoms with van der Waals surface area (Å²) < 4.78 is 1.82. The average Bonchev–Trinajstić information content (AvgIpc) is 3.21. The van der Waals surface area contributed by atoms with Crippen molar-refractivity contribution in [1.29, 1.82) is 0 Å². The van der Waals surface area contributed by atoms with Crippen molar-refractivity contribution in [2.45, 2.75) is 31.1 Å². The molecule has 0 unspecified atom stereocenters. The molecule has 34 heavy (non-hydrogen) atoms. The number of benzene rings is 2. The predicted octanol–water partition coefficient (Wildman–Crippen LogP) is 4.71. The molecule has 178 valence electrons. The molecule has 10 heteroatoms. The van der Waals surface area contributed by atoms with Crippen LogP contribution in [0.2, 0.25) is 10.0 Å². The van der Waals surface area contributed by atoms with Gasteiger partial charge in [-0.1, -0.05) is 71.4 Å². The highest BCUT2D eigenvalue weighted by Gasteiger charge is 2.21. The minimum atomic E-state index is -0.458. The van der Waals surface area contributed by atoms with Crippen molar-refractivity contribution in [2.24, 2.45) is 0 Å². The Labute approximate surface area is 212 Å². The number of carbonyl (C=O) groups is 2. The van der Waals surface area contributed by atoms with Crippen molar-refractivity contribution < 1.29 is 9.59 Å². The number of allylic oxidation sites excluding steroid dienone is 1. The maximum Gasteiger partial charge on any atom is 0.253 e. The Morgan fingerprint density at radius 2 is 1.94 bits per heavy atom. The molecule has 3 aromatic rings. The highest BCUT2D eigenvalue weighted by Crippen LogP contribution is 2.23. The van der Waals surface area contributed by atoms with Gasteiger partial charge in [0.15, 0.2) is 11.0 Å². The number of nitrogens with one attached hydrogen (secondary N) is 2. The standard InChI is InChI=1S/C24H25Cl2N5O2S/c1-3-13-31-22(16(2)28-23(33)19-10-9-18(25)14-20(19)26)29-30-24(31)34-15-21(32)27-12-11-17-7-5-4-6-8-17/h3-10,14,16H,1,11-13,15H2,2H3,(H,27,32)(H,28,33)/t16-/m1/s1. The lowest BCUT2D eigenvalue weighted by atomic mass is 10.1. The average molecular weight is 518 g/mol. The molecule has 0 aliphatic rings. The molecule has 0 radical (unpaired) electrons. The zero-order valence-corrected chi connectivity index (χ0v) is 21.0. The maximum absolute atomic E-state index is 12.7. The van der Waals surface area contributed by atoms with E-state index < -0.39 is 6.04 Å². The Kier molecular flexibility index (Phi) is 9.56. The fourth-order valence-electron chi connectivity index (χ4n) is 3.21. The molecule has 0 saturated heterocycles. The van der Waals surface area contributed by atoms with Crippen molar-refractivity contribution in [1.82, 2.24) is 25.4 Å². The van der Waals surface area contributed by atoms with Crippen LogP contribution in [0, 0.1) is 0 Å². The number of hydrogen-bond acceptors (Lipinski definition) is 5. The molecule has 2 aromatic carbocycles. The molecule has 2 amide bonds. The lowest BCUT2D eigenvalue weighted by Gasteiger charge is -2.16. The Hall–Kier alpha value is -2.81. The fourth-order valence-corrected chi connectivity index (χ4v) is 4.49. The third kappa shape index (κ3) is 7.09. The van der Waals surface area contributed by atoms with Crippen LogP contribution in [-0.4, -0.2) is 38.9 Å². The van der Waals surface area contributed by atoms with Gasteiger partial charge in [-0.05, 0) is 37.1 Å². The van der Waals surface area contributed by atoms with Crippen LogP contribution in [0.5, 0.6) is 0 Å². The zero-order chi connectivity index (χ0) is 24.5. The first kappa shape index (κ1) is 25.8. The molecule has 1 aromatic heterocycles. The Morgan fingerprint density at radius 3 is 2.65 bits per heavy atom. The van der Waals surface area contributed by atoms with E-state index in [1.54, 1.807) is 25.1 Å². The van der Waals surface area contributed by atoms with E-state index in [-0.39, 0.29) is 22.6 Å². The summed E-state index contributed by atoms with van der Waals surface area (Å²) in [6.45, 7) is 6.58. The van der Waals surface area contributed by atoms with Gasteiger partial charge in [0.2, 0.25) is 5.91 Å². The maximum atomic E-state index is 12.7. The van der Waals surface area contributed by atoms with Crippen LogP contribution in [0.25, 0.3) is 0 Å². The number of aromatic nitrogens is 3. The monoisotopic (exact) mass is 517 g/mol. The summed E-state index contributed by atoms with van der Waals surface area (Å²) in [6, 6.07) is 14.2. The van der Waals surface area contributed by atoms with Gasteiger partial charge in [-0.15, -0.1) is 16.8 Å². The summed E-state index contributed by atoms with van der Waals surface area (Å²) in [7, 11) is 0. The first-order valence-electron chi connectivity index (χ1n) is 10.6. The molecule has 0 saturated carbocycles. The van der Waals surface area contributed by atoms with Crippen molar-refractivity contribution >= 4 is 46.8 Å². The molecule has 0 aliphatic carbocycles. The normalized spacial score (nSPS) is 11.6. The van der Waals surface area contributed by atoms with Crippen molar-refractivity contribution in [3.05, 3.63) is 88.2 Å². The first-order valence-corrected chi connectivity index (χ1v) is 12.4. The summed E-state index contributed by atoms with van der Waals surface area (Å²) in [4.78, 5) is 25.0. The largest absolute Gasteiger partial charge is 0.355 e. The second kappa shape index (κ2) is 12.6. The van der Waals surface area contributed by atoms with Gasteiger partial charge < -0.3 is 15.2 Å². The molecule has 1 heterocycles. The van der Waals surface area contributed by atoms with E-state index >= 15 is 0 Å². The smallest absolute Gasteiger partial charge is 0.253 e. The summed E-state index contributed by atoms with van der Waals surface area (Å²) >= 11 is 13.3. The molecule has 3 rings (SSSR count). The summed E-state index contributed by atoms with van der Waals surface area (Å²) in [5, 5.41) is 15.5. The van der Waals surface area contributed by atoms with Gasteiger partial charge in [0, 0.05) is 18.1 Å². The molecular formula is C24H25Cl2N5O2S. The van der Waals surface area contributed by atoms with Crippen LogP contribution in [0.3, 0.4) is 0 Å². The minimum absolute atomic E-state index is 0.0886. The lowest BCUT2D eigenvalue weighted by Crippen LogP contribution is -2.29. The molecule has 1 atom stereocenters. The van der Waals surface area contributed by atoms with Crippen LogP contribution < -0.4 is 10.6 Å². The predicted molar refractivity (Wildman–Crippen MR) is 136 cm³/mol. The summed E-state index contributed by atoms with van der Waals surface area (Å²) in [6.07, 6.45) is 2.48. The van der Waals surface area contributed by atoms with Crippen molar-refractivity contribution in [3.63, 3.8) is 0 Å². The fraction of sp³-hybridized carbons (Fsp3) is 0.250. The van der Waals surface area contributed by atoms with Crippen LogP contribution in [-0.2, 0) is 17.8 Å². The van der Waals surface area contributed by atoms with E-state index in [0.29, 0.717) is 34.7 Å². The van der Waals surface area contributed by atoms with Gasteiger partial charge in [-0.25, -0.2) is 0 Å². The first-order chi connectivity index (χ1) is 16.4. The number of carbonyl (C=O) groups excluding carboxylic acids is 2. The molecule has 0 bridgehead atoms. The lowest BCUT2D eigenvalue weighted by molar-refractivity contribution is -0.118. The molecule has 0 aliphatic heterocycles. The van der Waals surface area contributed by atoms with Crippen molar-refractivity contribution in [3.8, 4) is 0 Å². The Bertz CT molecular complexity index is 1150. The molecular weight excluding hydrogens is 493 g/mol. The number of thioether (sulfide) groups is 1. The highest BCUT2D eigenvalue weighted by molar-refractivity contribution is 7.99. The second-order valence-corrected chi connectivity index (χ2v) is 9.22. The van der Waals surface area contributed by atoms with E-state index in [1.165, 1.54) is 23.4 Å². The van der Waals surface area contributed by atoms with Crippen LogP contribution in [0.1, 0.15) is 34.7 Å². The third-order valence-electron chi connectivity index (χ3n) is 4.88. The number of hydrogen-bond donors (Lipinski definition) is 2. The van der Waals surface area contributed by atoms with Crippen LogP contribution in [0.4, 0.5) is 0 Å². The SMILES string of the molecule is C=CCn1c(SCC(=O)NCCc2ccccc2)nnc1[C@@H](C)NC(=O)c1ccc(Cl)cc1Cl. The minimum Gasteiger partial charge on any atom is -0.355 e. The number of rotatable bonds is 11. The van der Waals surface area contributed by atoms with E-state index in [4.69, 9.17) is 23.2 Å². The van der Waals surface area contributed by atoms with Crippen LogP contribution in [0.15, 0.2) is 66.3 Å². The van der Waals surface area contributed by atoms with Gasteiger partial charge in [-0.2, -0.15) is 0 Å². The van der Waals surface area contributed by atoms with E-state index in [1.807, 2.05) is 34.9 Å². The van der Waals surface area contributed by atoms with Gasteiger partial charge in [0.05, 0.1) is 22.4 Å². The topological polar surface area (TPSA) is 88.9 Å². The van der Waals surface area contributed by atoms with Gasteiger partial charge in [-0.3, -0.25) is 9.59 Å². The Balaban J connectivity index is 1.59. The van der Waals surface area contributed by atoms with Gasteiger partial charge >= 0.3 is 0 Å². The van der Waals surface area contributed by atoms with E-state index in [0.717, 1.165) is 6.42 Å². The molecule has 7 nitrogen and oxygen atoms in total. The van der Waals surface area contributed by atoms with E-state index in [2.05, 4.69) is 27.4 Å². The molecule has 0 fully saturated rings. The molecule has 2 N–H and O–H groups in total.